The molecule has 4 aliphatic rings. The second-order valence-electron chi connectivity index (χ2n) is 11.4. The minimum atomic E-state index is -0.597. The largest absolute Gasteiger partial charge is 0.442 e. The van der Waals surface area contributed by atoms with Crippen LogP contribution in [-0.4, -0.2) is 73.2 Å². The molecule has 1 N–H and O–H groups in total. The van der Waals surface area contributed by atoms with Gasteiger partial charge in [0.05, 0.1) is 36.6 Å². The minimum Gasteiger partial charge on any atom is -0.442 e. The molecule has 3 heterocycles. The molecule has 10 nitrogen and oxygen atoms in total. The average Bonchev–Trinajstić information content (AvgIpc) is 3.46. The van der Waals surface area contributed by atoms with E-state index >= 15 is 4.39 Å². The second-order valence-corrected chi connectivity index (χ2v) is 11.4. The highest BCUT2D eigenvalue weighted by atomic mass is 19.1. The predicted molar refractivity (Wildman–Crippen MR) is 133 cm³/mol. The summed E-state index contributed by atoms with van der Waals surface area (Å²) in [6.07, 6.45) is 1.83. The lowest BCUT2D eigenvalue weighted by molar-refractivity contribution is -0.170. The lowest BCUT2D eigenvalue weighted by Crippen LogP contribution is -2.48. The smallest absolute Gasteiger partial charge is 0.434 e. The number of nitrogens with one attached hydrogen (secondary N) is 1. The van der Waals surface area contributed by atoms with Gasteiger partial charge in [-0.05, 0) is 64.7 Å². The van der Waals surface area contributed by atoms with Crippen LogP contribution in [0.4, 0.5) is 25.4 Å². The van der Waals surface area contributed by atoms with Crippen molar-refractivity contribution >= 4 is 29.5 Å². The van der Waals surface area contributed by atoms with Gasteiger partial charge in [-0.3, -0.25) is 14.5 Å². The molecular formula is C26H35FN4O6. The van der Waals surface area contributed by atoms with Crippen LogP contribution in [0.5, 0.6) is 0 Å². The van der Waals surface area contributed by atoms with Crippen molar-refractivity contribution in [2.45, 2.75) is 77.2 Å². The second kappa shape index (κ2) is 9.34. The molecule has 1 aromatic carbocycles. The number of hydrogen-bond acceptors (Lipinski definition) is 7. The van der Waals surface area contributed by atoms with Gasteiger partial charge in [-0.1, -0.05) is 0 Å². The van der Waals surface area contributed by atoms with Gasteiger partial charge in [0.25, 0.3) is 0 Å². The topological polar surface area (TPSA) is 101 Å². The predicted octanol–water partition coefficient (Wildman–Crippen LogP) is 3.59. The molecule has 202 valence electrons. The Balaban J connectivity index is 1.23. The van der Waals surface area contributed by atoms with E-state index in [-0.39, 0.29) is 36.6 Å². The maximum absolute atomic E-state index is 15.3. The van der Waals surface area contributed by atoms with Gasteiger partial charge < -0.3 is 19.7 Å². The van der Waals surface area contributed by atoms with Crippen molar-refractivity contribution < 1.29 is 33.1 Å². The third-order valence-corrected chi connectivity index (χ3v) is 7.84. The summed E-state index contributed by atoms with van der Waals surface area (Å²) >= 11 is 0. The van der Waals surface area contributed by atoms with Crippen LogP contribution in [0.1, 0.15) is 53.4 Å². The summed E-state index contributed by atoms with van der Waals surface area (Å²) in [5.41, 5.74) is 0.156. The number of benzene rings is 1. The number of carbonyl (C=O) groups excluding carboxylic acids is 3. The maximum Gasteiger partial charge on any atom is 0.434 e. The van der Waals surface area contributed by atoms with Gasteiger partial charge in [0.15, 0.2) is 0 Å². The zero-order chi connectivity index (χ0) is 26.5. The van der Waals surface area contributed by atoms with Gasteiger partial charge in [-0.25, -0.2) is 14.0 Å². The van der Waals surface area contributed by atoms with Gasteiger partial charge in [-0.15, -0.1) is 0 Å². The van der Waals surface area contributed by atoms with E-state index < -0.39 is 29.7 Å². The van der Waals surface area contributed by atoms with Crippen molar-refractivity contribution in [3.63, 3.8) is 0 Å². The zero-order valence-corrected chi connectivity index (χ0v) is 21.8. The first-order chi connectivity index (χ1) is 17.5. The summed E-state index contributed by atoms with van der Waals surface area (Å²) in [4.78, 5) is 45.6. The molecule has 0 aromatic heterocycles. The van der Waals surface area contributed by atoms with Crippen LogP contribution >= 0.6 is 0 Å². The number of rotatable bonds is 4. The molecule has 4 fully saturated rings. The van der Waals surface area contributed by atoms with Crippen LogP contribution in [-0.2, 0) is 19.1 Å². The minimum absolute atomic E-state index is 0.0339. The van der Waals surface area contributed by atoms with E-state index in [0.717, 1.165) is 25.7 Å². The Labute approximate surface area is 215 Å². The van der Waals surface area contributed by atoms with Gasteiger partial charge >= 0.3 is 12.2 Å². The van der Waals surface area contributed by atoms with Crippen LogP contribution in [0.2, 0.25) is 0 Å². The molecule has 2 bridgehead atoms. The van der Waals surface area contributed by atoms with Gasteiger partial charge in [-0.2, -0.15) is 5.06 Å². The van der Waals surface area contributed by atoms with E-state index in [1.165, 1.54) is 23.0 Å². The van der Waals surface area contributed by atoms with Gasteiger partial charge in [0.1, 0.15) is 17.5 Å². The Morgan fingerprint density at radius 2 is 1.95 bits per heavy atom. The Hall–Kier alpha value is -3.08. The molecule has 0 radical (unpaired) electrons. The molecule has 3 aliphatic heterocycles. The summed E-state index contributed by atoms with van der Waals surface area (Å²) in [5.74, 6) is -0.615. The van der Waals surface area contributed by atoms with E-state index in [1.54, 1.807) is 12.1 Å². The quantitative estimate of drug-likeness (QED) is 0.650. The van der Waals surface area contributed by atoms with Crippen LogP contribution in [0.15, 0.2) is 18.2 Å². The highest BCUT2D eigenvalue weighted by molar-refractivity contribution is 5.90. The van der Waals surface area contributed by atoms with Crippen molar-refractivity contribution in [3.05, 3.63) is 24.0 Å². The van der Waals surface area contributed by atoms with Gasteiger partial charge in [0.2, 0.25) is 5.91 Å². The fraction of sp³-hybridized carbons (Fsp3) is 0.654. The summed E-state index contributed by atoms with van der Waals surface area (Å²) in [6, 6.07) is 4.74. The van der Waals surface area contributed by atoms with Gasteiger partial charge in [0, 0.05) is 25.4 Å². The van der Waals surface area contributed by atoms with Crippen molar-refractivity contribution in [1.82, 2.24) is 10.4 Å². The fourth-order valence-corrected chi connectivity index (χ4v) is 6.13. The monoisotopic (exact) mass is 518 g/mol. The Morgan fingerprint density at radius 3 is 2.59 bits per heavy atom. The lowest BCUT2D eigenvalue weighted by Gasteiger charge is -2.42. The molecule has 3 amide bonds. The normalized spacial score (nSPS) is 26.6. The average molecular weight is 519 g/mol. The number of ether oxygens (including phenoxy) is 2. The first kappa shape index (κ1) is 25.6. The number of anilines is 2. The summed E-state index contributed by atoms with van der Waals surface area (Å²) in [6.45, 7) is 8.63. The Kier molecular flexibility index (Phi) is 6.45. The highest BCUT2D eigenvalue weighted by Crippen LogP contribution is 2.55. The Bertz CT molecular complexity index is 1080. The lowest BCUT2D eigenvalue weighted by atomic mass is 9.73. The van der Waals surface area contributed by atoms with Crippen molar-refractivity contribution in [2.24, 2.45) is 5.41 Å². The molecule has 1 spiro atoms. The van der Waals surface area contributed by atoms with E-state index in [4.69, 9.17) is 14.3 Å². The zero-order valence-electron chi connectivity index (χ0n) is 21.8. The molecule has 5 rings (SSSR count). The van der Waals surface area contributed by atoms with E-state index in [0.29, 0.717) is 24.5 Å². The summed E-state index contributed by atoms with van der Waals surface area (Å²) in [7, 11) is 0. The number of halogens is 1. The molecule has 1 aromatic rings. The number of hydroxylamine groups is 2. The molecule has 11 heteroatoms. The number of amides is 3. The number of piperidine rings is 1. The van der Waals surface area contributed by atoms with E-state index in [1.807, 2.05) is 25.7 Å². The third-order valence-electron chi connectivity index (χ3n) is 7.84. The first-order valence-electron chi connectivity index (χ1n) is 12.9. The molecule has 37 heavy (non-hydrogen) atoms. The number of hydrogen-bond donors (Lipinski definition) is 1. The molecular weight excluding hydrogens is 483 g/mol. The molecule has 1 aliphatic carbocycles. The SMILES string of the molecule is CC(=O)NC[C@H]1CN(c2ccc(N3CCC4(CC3)[C@@H]3CC[C@H]4ON3C(=O)OC(C)(C)C)c(F)c2)C(=O)O1. The van der Waals surface area contributed by atoms with E-state index in [9.17, 15) is 14.4 Å². The van der Waals surface area contributed by atoms with Crippen LogP contribution in [0.25, 0.3) is 0 Å². The van der Waals surface area contributed by atoms with Crippen molar-refractivity contribution in [2.75, 3.05) is 36.0 Å². The van der Waals surface area contributed by atoms with E-state index in [2.05, 4.69) is 5.32 Å². The van der Waals surface area contributed by atoms with Crippen LogP contribution < -0.4 is 15.1 Å². The molecule has 1 saturated carbocycles. The standard InChI is InChI=1S/C26H35FN4O6/c1-16(32)28-14-18-15-30(23(33)35-18)17-5-6-20(19(27)13-17)29-11-9-26(10-12-29)21-7-8-22(26)37-31(21)24(34)36-25(2,3)4/h5-6,13,18,21-22H,7-12,14-15H2,1-4H3,(H,28,32)/t18-,21-,22+/m0/s1. The van der Waals surface area contributed by atoms with Crippen LogP contribution in [0, 0.1) is 11.2 Å². The third kappa shape index (κ3) is 4.81. The molecule has 3 saturated heterocycles. The molecule has 3 atom stereocenters. The Morgan fingerprint density at radius 1 is 1.22 bits per heavy atom. The first-order valence-corrected chi connectivity index (χ1v) is 12.9. The number of carbonyl (C=O) groups is 3. The van der Waals surface area contributed by atoms with Crippen molar-refractivity contribution in [1.29, 1.82) is 0 Å². The van der Waals surface area contributed by atoms with Crippen molar-refractivity contribution in [3.8, 4) is 0 Å². The summed E-state index contributed by atoms with van der Waals surface area (Å²) in [5, 5.41) is 4.08. The maximum atomic E-state index is 15.3. The molecule has 0 unspecified atom stereocenters. The fourth-order valence-electron chi connectivity index (χ4n) is 6.13. The number of nitrogens with zero attached hydrogens (tertiary/aromatic N) is 3. The number of cyclic esters (lactones) is 1. The summed E-state index contributed by atoms with van der Waals surface area (Å²) < 4.78 is 26.1. The van der Waals surface area contributed by atoms with Crippen LogP contribution in [0.3, 0.4) is 0 Å². The highest BCUT2D eigenvalue weighted by Gasteiger charge is 2.62.